The van der Waals surface area contributed by atoms with Crippen molar-refractivity contribution in [2.24, 2.45) is 5.92 Å². The second kappa shape index (κ2) is 8.58. The van der Waals surface area contributed by atoms with Crippen LogP contribution in [-0.4, -0.2) is 6.54 Å². The highest BCUT2D eigenvalue weighted by atomic mass is 14.9. The van der Waals surface area contributed by atoms with Crippen molar-refractivity contribution in [3.05, 3.63) is 35.4 Å². The fourth-order valence-electron chi connectivity index (χ4n) is 2.88. The fraction of sp³-hybridized carbons (Fsp3) is 0.700. The Morgan fingerprint density at radius 1 is 1.00 bits per heavy atom. The lowest BCUT2D eigenvalue weighted by Crippen LogP contribution is -2.24. The Bertz CT molecular complexity index is 385. The van der Waals surface area contributed by atoms with Crippen molar-refractivity contribution in [3.8, 4) is 0 Å². The largest absolute Gasteiger partial charge is 0.310 e. The predicted octanol–water partition coefficient (Wildman–Crippen LogP) is 5.85. The number of benzene rings is 1. The van der Waals surface area contributed by atoms with Gasteiger partial charge in [-0.05, 0) is 41.8 Å². The molecule has 0 fully saturated rings. The van der Waals surface area contributed by atoms with Crippen molar-refractivity contribution in [3.63, 3.8) is 0 Å². The van der Waals surface area contributed by atoms with E-state index in [4.69, 9.17) is 0 Å². The van der Waals surface area contributed by atoms with Gasteiger partial charge in [-0.3, -0.25) is 0 Å². The molecule has 0 bridgehead atoms. The predicted molar refractivity (Wildman–Crippen MR) is 94.9 cm³/mol. The highest BCUT2D eigenvalue weighted by Gasteiger charge is 2.17. The van der Waals surface area contributed by atoms with Crippen LogP contribution in [0, 0.1) is 5.92 Å². The van der Waals surface area contributed by atoms with E-state index in [0.717, 1.165) is 12.5 Å². The minimum atomic E-state index is 0.236. The fourth-order valence-corrected chi connectivity index (χ4v) is 2.88. The normalized spacial score (nSPS) is 15.0. The molecule has 1 aromatic rings. The van der Waals surface area contributed by atoms with E-state index in [9.17, 15) is 0 Å². The summed E-state index contributed by atoms with van der Waals surface area (Å²) < 4.78 is 0. The average Bonchev–Trinajstić information content (AvgIpc) is 2.43. The van der Waals surface area contributed by atoms with E-state index in [1.54, 1.807) is 0 Å². The minimum absolute atomic E-state index is 0.236. The first-order valence-corrected chi connectivity index (χ1v) is 8.72. The first kappa shape index (κ1) is 18.2. The molecular formula is C20H35N. The molecule has 21 heavy (non-hydrogen) atoms. The standard InChI is InChI=1S/C20H35N/c1-7-9-16(3)15-19(21-14-8-2)17-10-12-18(13-11-17)20(4,5)6/h10-13,16,19,21H,7-9,14-15H2,1-6H3. The van der Waals surface area contributed by atoms with Crippen LogP contribution in [0.25, 0.3) is 0 Å². The number of hydrogen-bond acceptors (Lipinski definition) is 1. The van der Waals surface area contributed by atoms with Crippen molar-refractivity contribution in [2.45, 2.75) is 78.7 Å². The Labute approximate surface area is 132 Å². The Morgan fingerprint density at radius 2 is 1.62 bits per heavy atom. The lowest BCUT2D eigenvalue weighted by Gasteiger charge is -2.24. The maximum Gasteiger partial charge on any atom is 0.0322 e. The van der Waals surface area contributed by atoms with Gasteiger partial charge in [0.15, 0.2) is 0 Å². The van der Waals surface area contributed by atoms with Crippen LogP contribution in [0.4, 0.5) is 0 Å². The van der Waals surface area contributed by atoms with Crippen LogP contribution in [-0.2, 0) is 5.41 Å². The van der Waals surface area contributed by atoms with Crippen molar-refractivity contribution in [1.82, 2.24) is 5.32 Å². The molecule has 1 heteroatoms. The molecule has 0 aliphatic heterocycles. The van der Waals surface area contributed by atoms with E-state index in [0.29, 0.717) is 6.04 Å². The van der Waals surface area contributed by atoms with Crippen molar-refractivity contribution >= 4 is 0 Å². The van der Waals surface area contributed by atoms with Gasteiger partial charge in [0.2, 0.25) is 0 Å². The summed E-state index contributed by atoms with van der Waals surface area (Å²) in [5.41, 5.74) is 3.10. The maximum absolute atomic E-state index is 3.73. The second-order valence-corrected chi connectivity index (χ2v) is 7.51. The molecule has 0 saturated carbocycles. The zero-order chi connectivity index (χ0) is 15.9. The summed E-state index contributed by atoms with van der Waals surface area (Å²) in [4.78, 5) is 0. The molecule has 1 N–H and O–H groups in total. The van der Waals surface area contributed by atoms with Gasteiger partial charge in [-0.2, -0.15) is 0 Å². The van der Waals surface area contributed by atoms with Gasteiger partial charge in [0.25, 0.3) is 0 Å². The Balaban J connectivity index is 2.82. The van der Waals surface area contributed by atoms with Crippen LogP contribution < -0.4 is 5.32 Å². The van der Waals surface area contributed by atoms with Crippen LogP contribution in [0.2, 0.25) is 0 Å². The molecule has 0 saturated heterocycles. The Kier molecular flexibility index (Phi) is 7.45. The van der Waals surface area contributed by atoms with Gasteiger partial charge in [0.1, 0.15) is 0 Å². The molecule has 0 aromatic heterocycles. The molecule has 0 radical (unpaired) electrons. The molecule has 1 rings (SSSR count). The lowest BCUT2D eigenvalue weighted by atomic mass is 9.85. The molecular weight excluding hydrogens is 254 g/mol. The van der Waals surface area contributed by atoms with Crippen LogP contribution in [0.5, 0.6) is 0 Å². The number of hydrogen-bond donors (Lipinski definition) is 1. The maximum atomic E-state index is 3.73. The van der Waals surface area contributed by atoms with Crippen LogP contribution in [0.1, 0.15) is 84.4 Å². The smallest absolute Gasteiger partial charge is 0.0322 e. The molecule has 1 aromatic carbocycles. The summed E-state index contributed by atoms with van der Waals surface area (Å²) in [5.74, 6) is 0.784. The van der Waals surface area contributed by atoms with Gasteiger partial charge in [-0.1, -0.05) is 78.6 Å². The highest BCUT2D eigenvalue weighted by molar-refractivity contribution is 5.29. The third kappa shape index (κ3) is 6.22. The third-order valence-electron chi connectivity index (χ3n) is 4.24. The van der Waals surface area contributed by atoms with E-state index in [1.165, 1.54) is 36.8 Å². The van der Waals surface area contributed by atoms with Crippen molar-refractivity contribution in [2.75, 3.05) is 6.54 Å². The third-order valence-corrected chi connectivity index (χ3v) is 4.24. The van der Waals surface area contributed by atoms with Crippen molar-refractivity contribution in [1.29, 1.82) is 0 Å². The van der Waals surface area contributed by atoms with Crippen molar-refractivity contribution < 1.29 is 0 Å². The molecule has 0 aliphatic carbocycles. The monoisotopic (exact) mass is 289 g/mol. The Morgan fingerprint density at radius 3 is 2.10 bits per heavy atom. The average molecular weight is 290 g/mol. The first-order valence-electron chi connectivity index (χ1n) is 8.72. The number of rotatable bonds is 8. The van der Waals surface area contributed by atoms with Gasteiger partial charge in [0.05, 0.1) is 0 Å². The van der Waals surface area contributed by atoms with Gasteiger partial charge >= 0.3 is 0 Å². The molecule has 2 atom stereocenters. The van der Waals surface area contributed by atoms with E-state index >= 15 is 0 Å². The van der Waals surface area contributed by atoms with Gasteiger partial charge < -0.3 is 5.32 Å². The van der Waals surface area contributed by atoms with Crippen LogP contribution in [0.15, 0.2) is 24.3 Å². The van der Waals surface area contributed by atoms with E-state index in [2.05, 4.69) is 71.1 Å². The summed E-state index contributed by atoms with van der Waals surface area (Å²) in [5, 5.41) is 3.73. The summed E-state index contributed by atoms with van der Waals surface area (Å²) >= 11 is 0. The van der Waals surface area contributed by atoms with Crippen LogP contribution in [0.3, 0.4) is 0 Å². The molecule has 0 amide bonds. The second-order valence-electron chi connectivity index (χ2n) is 7.51. The zero-order valence-corrected chi connectivity index (χ0v) is 15.0. The summed E-state index contributed by atoms with van der Waals surface area (Å²) in [6.07, 6.45) is 5.04. The molecule has 0 aliphatic rings. The molecule has 2 unspecified atom stereocenters. The lowest BCUT2D eigenvalue weighted by molar-refractivity contribution is 0.390. The Hall–Kier alpha value is -0.820. The number of nitrogens with one attached hydrogen (secondary N) is 1. The molecule has 120 valence electrons. The van der Waals surface area contributed by atoms with Crippen LogP contribution >= 0.6 is 0 Å². The summed E-state index contributed by atoms with van der Waals surface area (Å²) in [6, 6.07) is 9.76. The minimum Gasteiger partial charge on any atom is -0.310 e. The SMILES string of the molecule is CCCNC(CC(C)CCC)c1ccc(C(C)(C)C)cc1. The van der Waals surface area contributed by atoms with E-state index in [-0.39, 0.29) is 5.41 Å². The highest BCUT2D eigenvalue weighted by Crippen LogP contribution is 2.27. The molecule has 1 nitrogen and oxygen atoms in total. The quantitative estimate of drug-likeness (QED) is 0.633. The summed E-state index contributed by atoms with van der Waals surface area (Å²) in [7, 11) is 0. The van der Waals surface area contributed by atoms with Gasteiger partial charge in [-0.15, -0.1) is 0 Å². The van der Waals surface area contributed by atoms with Gasteiger partial charge in [0, 0.05) is 6.04 Å². The zero-order valence-electron chi connectivity index (χ0n) is 15.0. The van der Waals surface area contributed by atoms with E-state index in [1.807, 2.05) is 0 Å². The van der Waals surface area contributed by atoms with Gasteiger partial charge in [-0.25, -0.2) is 0 Å². The molecule has 0 heterocycles. The van der Waals surface area contributed by atoms with E-state index < -0.39 is 0 Å². The topological polar surface area (TPSA) is 12.0 Å². The first-order chi connectivity index (χ1) is 9.88. The summed E-state index contributed by atoms with van der Waals surface area (Å²) in [6.45, 7) is 14.8. The molecule has 0 spiro atoms.